The fourth-order valence-electron chi connectivity index (χ4n) is 3.78. The number of rotatable bonds is 3. The molecule has 0 amide bonds. The van der Waals surface area contributed by atoms with Crippen molar-refractivity contribution in [2.45, 2.75) is 0 Å². The van der Waals surface area contributed by atoms with Gasteiger partial charge in [-0.1, -0.05) is 97.1 Å². The van der Waals surface area contributed by atoms with Gasteiger partial charge in [0.05, 0.1) is 10.6 Å². The molecule has 3 heteroatoms. The van der Waals surface area contributed by atoms with E-state index in [2.05, 4.69) is 12.1 Å². The molecule has 0 aromatic heterocycles. The fraction of sp³-hybridized carbons (Fsp3) is 0. The highest BCUT2D eigenvalue weighted by atomic mass is 31.2. The van der Waals surface area contributed by atoms with Crippen LogP contribution in [0.15, 0.2) is 115 Å². The first kappa shape index (κ1) is 17.7. The van der Waals surface area contributed by atoms with Crippen LogP contribution in [0.2, 0.25) is 0 Å². The van der Waals surface area contributed by atoms with Crippen molar-refractivity contribution in [2.75, 3.05) is 0 Å². The van der Waals surface area contributed by atoms with Crippen molar-refractivity contribution in [1.29, 1.82) is 0 Å². The zero-order chi connectivity index (χ0) is 19.7. The topological polar surface area (TPSA) is 26.3 Å². The Morgan fingerprint density at radius 1 is 0.552 bits per heavy atom. The molecule has 1 atom stereocenters. The second kappa shape index (κ2) is 7.24. The Bertz CT molecular complexity index is 1230. The molecule has 140 valence electrons. The molecular formula is C26H19O2P. The van der Waals surface area contributed by atoms with Gasteiger partial charge in [0.2, 0.25) is 0 Å². The average molecular weight is 394 g/mol. The van der Waals surface area contributed by atoms with Crippen molar-refractivity contribution < 1.29 is 9.09 Å². The lowest BCUT2D eigenvalue weighted by Crippen LogP contribution is -2.25. The van der Waals surface area contributed by atoms with E-state index in [1.54, 1.807) is 0 Å². The van der Waals surface area contributed by atoms with Gasteiger partial charge >= 0.3 is 7.37 Å². The smallest absolute Gasteiger partial charge is 0.307 e. The van der Waals surface area contributed by atoms with Crippen molar-refractivity contribution in [3.05, 3.63) is 132 Å². The van der Waals surface area contributed by atoms with Crippen molar-refractivity contribution in [1.82, 2.24) is 0 Å². The minimum atomic E-state index is -3.29. The molecule has 1 aliphatic rings. The van der Waals surface area contributed by atoms with E-state index in [0.717, 1.165) is 27.6 Å². The average Bonchev–Trinajstić information content (AvgIpc) is 2.81. The van der Waals surface area contributed by atoms with Gasteiger partial charge in [-0.25, -0.2) is 0 Å². The highest BCUT2D eigenvalue weighted by molar-refractivity contribution is 7.74. The van der Waals surface area contributed by atoms with E-state index < -0.39 is 7.37 Å². The summed E-state index contributed by atoms with van der Waals surface area (Å²) in [6.07, 6.45) is 0. The lowest BCUT2D eigenvalue weighted by atomic mass is 9.94. The summed E-state index contributed by atoms with van der Waals surface area (Å²) in [6, 6.07) is 37.5. The van der Waals surface area contributed by atoms with Crippen molar-refractivity contribution in [3.8, 4) is 0 Å². The summed E-state index contributed by atoms with van der Waals surface area (Å²) >= 11 is 0. The molecule has 29 heavy (non-hydrogen) atoms. The monoisotopic (exact) mass is 394 g/mol. The van der Waals surface area contributed by atoms with Gasteiger partial charge in [-0.2, -0.15) is 0 Å². The Balaban J connectivity index is 1.85. The molecule has 1 unspecified atom stereocenters. The summed E-state index contributed by atoms with van der Waals surface area (Å²) in [7, 11) is -3.29. The van der Waals surface area contributed by atoms with E-state index in [4.69, 9.17) is 4.52 Å². The van der Waals surface area contributed by atoms with Crippen LogP contribution in [0.5, 0.6) is 0 Å². The van der Waals surface area contributed by atoms with Gasteiger partial charge in [-0.3, -0.25) is 4.57 Å². The molecule has 2 nitrogen and oxygen atoms in total. The van der Waals surface area contributed by atoms with Crippen LogP contribution in [-0.4, -0.2) is 0 Å². The maximum atomic E-state index is 14.4. The zero-order valence-corrected chi connectivity index (χ0v) is 16.6. The van der Waals surface area contributed by atoms with Crippen LogP contribution in [0.25, 0.3) is 11.3 Å². The minimum Gasteiger partial charge on any atom is -0.436 e. The predicted molar refractivity (Wildman–Crippen MR) is 120 cm³/mol. The lowest BCUT2D eigenvalue weighted by Gasteiger charge is -2.31. The highest BCUT2D eigenvalue weighted by Gasteiger charge is 2.39. The third-order valence-electron chi connectivity index (χ3n) is 5.13. The molecule has 1 aliphatic heterocycles. The SMILES string of the molecule is O=P1(c2ccccc2)OC(c2ccccc2)=C(c2ccccc2)c2ccccc21. The Labute approximate surface area is 170 Å². The van der Waals surface area contributed by atoms with Crippen molar-refractivity contribution in [3.63, 3.8) is 0 Å². The first-order valence-corrected chi connectivity index (χ1v) is 11.2. The molecule has 0 aliphatic carbocycles. The first-order valence-electron chi connectivity index (χ1n) is 9.58. The quantitative estimate of drug-likeness (QED) is 0.407. The van der Waals surface area contributed by atoms with E-state index in [1.165, 1.54) is 0 Å². The van der Waals surface area contributed by atoms with Crippen molar-refractivity contribution in [2.24, 2.45) is 0 Å². The van der Waals surface area contributed by atoms with Gasteiger partial charge in [0.15, 0.2) is 0 Å². The summed E-state index contributed by atoms with van der Waals surface area (Å²) in [5.41, 5.74) is 3.88. The van der Waals surface area contributed by atoms with Gasteiger partial charge in [-0.05, 0) is 23.8 Å². The van der Waals surface area contributed by atoms with Crippen molar-refractivity contribution >= 4 is 29.3 Å². The molecule has 0 N–H and O–H groups in total. The van der Waals surface area contributed by atoms with E-state index in [1.807, 2.05) is 103 Å². The van der Waals surface area contributed by atoms with Crippen LogP contribution in [0.4, 0.5) is 0 Å². The Hall–Kier alpha value is -3.35. The lowest BCUT2D eigenvalue weighted by molar-refractivity contribution is 0.480. The van der Waals surface area contributed by atoms with Gasteiger partial charge in [0, 0.05) is 16.7 Å². The third kappa shape index (κ3) is 3.03. The standard InChI is InChI=1S/C26H19O2P/c27-29(22-16-8-3-9-17-22)24-19-11-10-18-23(24)25(20-12-4-1-5-13-20)26(28-29)21-14-6-2-7-15-21/h1-19H. The summed E-state index contributed by atoms with van der Waals surface area (Å²) in [6.45, 7) is 0. The number of fused-ring (bicyclic) bond motifs is 1. The van der Waals surface area contributed by atoms with Crippen LogP contribution in [0, 0.1) is 0 Å². The summed E-state index contributed by atoms with van der Waals surface area (Å²) < 4.78 is 20.8. The molecule has 0 bridgehead atoms. The van der Waals surface area contributed by atoms with Gasteiger partial charge in [0.25, 0.3) is 0 Å². The number of benzene rings is 4. The molecule has 0 radical (unpaired) electrons. The van der Waals surface area contributed by atoms with E-state index in [-0.39, 0.29) is 0 Å². The zero-order valence-electron chi connectivity index (χ0n) is 15.7. The summed E-state index contributed by atoms with van der Waals surface area (Å²) in [5, 5.41) is 1.44. The molecule has 0 fully saturated rings. The molecule has 0 saturated carbocycles. The highest BCUT2D eigenvalue weighted by Crippen LogP contribution is 2.55. The number of hydrogen-bond donors (Lipinski definition) is 0. The largest absolute Gasteiger partial charge is 0.436 e. The van der Waals surface area contributed by atoms with Crippen LogP contribution in [0.3, 0.4) is 0 Å². The van der Waals surface area contributed by atoms with Crippen LogP contribution in [0.1, 0.15) is 16.7 Å². The van der Waals surface area contributed by atoms with E-state index >= 15 is 0 Å². The molecule has 0 spiro atoms. The van der Waals surface area contributed by atoms with Crippen LogP contribution < -0.4 is 10.6 Å². The Morgan fingerprint density at radius 2 is 1.07 bits per heavy atom. The van der Waals surface area contributed by atoms with Gasteiger partial charge < -0.3 is 4.52 Å². The normalized spacial score (nSPS) is 18.1. The molecule has 5 rings (SSSR count). The predicted octanol–water partition coefficient (Wildman–Crippen LogP) is 5.86. The summed E-state index contributed by atoms with van der Waals surface area (Å²) in [5.74, 6) is 0.655. The second-order valence-corrected chi connectivity index (χ2v) is 9.22. The minimum absolute atomic E-state index is 0.655. The molecule has 4 aromatic rings. The first-order chi connectivity index (χ1) is 14.3. The Morgan fingerprint density at radius 3 is 1.72 bits per heavy atom. The molecular weight excluding hydrogens is 375 g/mol. The molecule has 0 saturated heterocycles. The van der Waals surface area contributed by atoms with Gasteiger partial charge in [-0.15, -0.1) is 0 Å². The molecule has 1 heterocycles. The van der Waals surface area contributed by atoms with Gasteiger partial charge in [0.1, 0.15) is 5.76 Å². The summed E-state index contributed by atoms with van der Waals surface area (Å²) in [4.78, 5) is 0. The third-order valence-corrected chi connectivity index (χ3v) is 7.57. The maximum Gasteiger partial charge on any atom is 0.307 e. The Kier molecular flexibility index (Phi) is 4.42. The molecule has 4 aromatic carbocycles. The second-order valence-electron chi connectivity index (χ2n) is 6.93. The van der Waals surface area contributed by atoms with Crippen LogP contribution >= 0.6 is 7.37 Å². The van der Waals surface area contributed by atoms with E-state index in [9.17, 15) is 4.57 Å². The number of hydrogen-bond acceptors (Lipinski definition) is 2. The maximum absolute atomic E-state index is 14.4. The van der Waals surface area contributed by atoms with Crippen LogP contribution in [-0.2, 0) is 9.09 Å². The van der Waals surface area contributed by atoms with E-state index in [0.29, 0.717) is 11.1 Å². The fourth-order valence-corrected chi connectivity index (χ4v) is 6.07.